The minimum absolute atomic E-state index is 0.00427. The highest BCUT2D eigenvalue weighted by Crippen LogP contribution is 2.30. The molecule has 0 saturated carbocycles. The molecule has 1 heterocycles. The zero-order valence-electron chi connectivity index (χ0n) is 16.1. The number of primary amides is 1. The van der Waals surface area contributed by atoms with E-state index < -0.39 is 27.7 Å². The van der Waals surface area contributed by atoms with Gasteiger partial charge in [0, 0.05) is 16.8 Å². The maximum Gasteiger partial charge on any atom is 0.416 e. The van der Waals surface area contributed by atoms with Crippen molar-refractivity contribution in [3.8, 4) is 11.4 Å². The van der Waals surface area contributed by atoms with Crippen molar-refractivity contribution >= 4 is 32.7 Å². The molecule has 4 aromatic rings. The molecule has 11 heteroatoms. The molecule has 32 heavy (non-hydrogen) atoms. The van der Waals surface area contributed by atoms with E-state index in [0.717, 1.165) is 24.3 Å². The summed E-state index contributed by atoms with van der Waals surface area (Å²) in [7, 11) is -4.01. The average Bonchev–Trinajstić information content (AvgIpc) is 3.16. The van der Waals surface area contributed by atoms with Gasteiger partial charge in [0.05, 0.1) is 21.5 Å². The maximum absolute atomic E-state index is 12.7. The van der Waals surface area contributed by atoms with Crippen LogP contribution in [0.1, 0.15) is 15.9 Å². The number of nitrogens with zero attached hydrogens (tertiary/aromatic N) is 1. The van der Waals surface area contributed by atoms with E-state index in [2.05, 4.69) is 14.7 Å². The number of nitrogens with two attached hydrogens (primary N) is 1. The smallest absolute Gasteiger partial charge is 0.366 e. The van der Waals surface area contributed by atoms with Crippen molar-refractivity contribution in [2.75, 3.05) is 4.72 Å². The lowest BCUT2D eigenvalue weighted by atomic mass is 10.2. The molecule has 4 rings (SSSR count). The summed E-state index contributed by atoms with van der Waals surface area (Å²) in [5.41, 5.74) is 6.50. The van der Waals surface area contributed by atoms with Gasteiger partial charge in [0.1, 0.15) is 5.82 Å². The fraction of sp³-hybridized carbons (Fsp3) is 0.0476. The molecule has 0 aliphatic carbocycles. The number of sulfonamides is 1. The summed E-state index contributed by atoms with van der Waals surface area (Å²) in [6, 6.07) is 14.2. The Bertz CT molecular complexity index is 1410. The number of hydrogen-bond acceptors (Lipinski definition) is 4. The third-order valence-corrected chi connectivity index (χ3v) is 6.07. The van der Waals surface area contributed by atoms with Crippen LogP contribution in [0.5, 0.6) is 0 Å². The Morgan fingerprint density at radius 3 is 2.22 bits per heavy atom. The number of aromatic amines is 1. The summed E-state index contributed by atoms with van der Waals surface area (Å²) < 4.78 is 65.4. The first kappa shape index (κ1) is 21.4. The minimum Gasteiger partial charge on any atom is -0.366 e. The number of hydrogen-bond donors (Lipinski definition) is 3. The van der Waals surface area contributed by atoms with Crippen molar-refractivity contribution in [1.29, 1.82) is 0 Å². The molecule has 4 N–H and O–H groups in total. The Morgan fingerprint density at radius 2 is 1.62 bits per heavy atom. The molecule has 0 fully saturated rings. The van der Waals surface area contributed by atoms with Crippen molar-refractivity contribution in [2.24, 2.45) is 5.73 Å². The molecule has 1 aromatic heterocycles. The van der Waals surface area contributed by atoms with Gasteiger partial charge in [-0.1, -0.05) is 0 Å². The fourth-order valence-corrected chi connectivity index (χ4v) is 4.09. The number of nitrogens with one attached hydrogen (secondary N) is 2. The largest absolute Gasteiger partial charge is 0.416 e. The Morgan fingerprint density at radius 1 is 0.969 bits per heavy atom. The summed E-state index contributed by atoms with van der Waals surface area (Å²) in [6.07, 6.45) is -4.51. The van der Waals surface area contributed by atoms with Gasteiger partial charge in [-0.2, -0.15) is 13.2 Å². The van der Waals surface area contributed by atoms with E-state index in [1.54, 1.807) is 18.2 Å². The van der Waals surface area contributed by atoms with Gasteiger partial charge in [-0.25, -0.2) is 13.4 Å². The second kappa shape index (κ2) is 7.68. The molecule has 0 radical (unpaired) electrons. The Kier molecular flexibility index (Phi) is 5.13. The van der Waals surface area contributed by atoms with Gasteiger partial charge in [-0.3, -0.25) is 9.52 Å². The van der Waals surface area contributed by atoms with Crippen molar-refractivity contribution < 1.29 is 26.4 Å². The summed E-state index contributed by atoms with van der Waals surface area (Å²) in [5.74, 6) is -0.118. The van der Waals surface area contributed by atoms with Crippen molar-refractivity contribution in [3.63, 3.8) is 0 Å². The Hall–Kier alpha value is -3.86. The molecule has 0 spiro atoms. The van der Waals surface area contributed by atoms with E-state index in [1.807, 2.05) is 0 Å². The van der Waals surface area contributed by atoms with E-state index in [-0.39, 0.29) is 10.6 Å². The van der Waals surface area contributed by atoms with E-state index in [4.69, 9.17) is 5.73 Å². The predicted octanol–water partition coefficient (Wildman–Crippen LogP) is 4.15. The number of aromatic nitrogens is 2. The number of amides is 1. The zero-order valence-corrected chi connectivity index (χ0v) is 17.0. The van der Waals surface area contributed by atoms with E-state index in [1.165, 1.54) is 24.3 Å². The summed E-state index contributed by atoms with van der Waals surface area (Å²) in [5, 5.41) is 0. The lowest BCUT2D eigenvalue weighted by Crippen LogP contribution is -2.13. The average molecular weight is 460 g/mol. The highest BCUT2D eigenvalue weighted by Gasteiger charge is 2.30. The maximum atomic E-state index is 12.7. The molecule has 1 amide bonds. The summed E-state index contributed by atoms with van der Waals surface area (Å²) >= 11 is 0. The lowest BCUT2D eigenvalue weighted by Gasteiger charge is -2.10. The van der Waals surface area contributed by atoms with E-state index in [9.17, 15) is 26.4 Å². The third-order valence-electron chi connectivity index (χ3n) is 4.67. The number of alkyl halides is 3. The van der Waals surface area contributed by atoms with Crippen LogP contribution in [-0.4, -0.2) is 24.3 Å². The highest BCUT2D eigenvalue weighted by molar-refractivity contribution is 7.92. The van der Waals surface area contributed by atoms with Gasteiger partial charge >= 0.3 is 6.18 Å². The van der Waals surface area contributed by atoms with Crippen molar-refractivity contribution in [3.05, 3.63) is 77.9 Å². The highest BCUT2D eigenvalue weighted by atomic mass is 32.2. The lowest BCUT2D eigenvalue weighted by molar-refractivity contribution is -0.137. The van der Waals surface area contributed by atoms with Gasteiger partial charge in [0.2, 0.25) is 5.91 Å². The number of H-pyrrole nitrogens is 1. The van der Waals surface area contributed by atoms with Crippen molar-refractivity contribution in [2.45, 2.75) is 11.1 Å². The second-order valence-electron chi connectivity index (χ2n) is 6.89. The molecule has 3 aromatic carbocycles. The monoisotopic (exact) mass is 460 g/mol. The van der Waals surface area contributed by atoms with Gasteiger partial charge in [-0.15, -0.1) is 0 Å². The number of rotatable bonds is 5. The Balaban J connectivity index is 1.56. The molecule has 0 unspecified atom stereocenters. The van der Waals surface area contributed by atoms with Crippen LogP contribution < -0.4 is 10.5 Å². The third kappa shape index (κ3) is 4.28. The molecule has 7 nitrogen and oxygen atoms in total. The zero-order chi connectivity index (χ0) is 23.1. The van der Waals surface area contributed by atoms with Crippen LogP contribution in [-0.2, 0) is 16.2 Å². The van der Waals surface area contributed by atoms with Gasteiger partial charge in [0.15, 0.2) is 0 Å². The topological polar surface area (TPSA) is 118 Å². The van der Waals surface area contributed by atoms with Crippen LogP contribution in [0.15, 0.2) is 71.6 Å². The van der Waals surface area contributed by atoms with Crippen LogP contribution in [0.2, 0.25) is 0 Å². The number of anilines is 1. The van der Waals surface area contributed by atoms with Crippen LogP contribution in [0.25, 0.3) is 22.4 Å². The molecule has 0 saturated heterocycles. The normalized spacial score (nSPS) is 12.1. The Labute approximate surface area is 180 Å². The number of fused-ring (bicyclic) bond motifs is 1. The fourth-order valence-electron chi connectivity index (χ4n) is 3.03. The quantitative estimate of drug-likeness (QED) is 0.415. The first-order valence-corrected chi connectivity index (χ1v) is 10.6. The number of carbonyl (C=O) groups is 1. The first-order chi connectivity index (χ1) is 15.0. The SMILES string of the molecule is NC(=O)c1ccc2[nH]c(-c3ccc(S(=O)(=O)Nc4ccc(C(F)(F)F)cc4)cc3)nc2c1. The van der Waals surface area contributed by atoms with Crippen LogP contribution in [0, 0.1) is 0 Å². The van der Waals surface area contributed by atoms with E-state index in [0.29, 0.717) is 28.0 Å². The molecule has 0 atom stereocenters. The summed E-state index contributed by atoms with van der Waals surface area (Å²) in [4.78, 5) is 18.7. The standard InChI is InChI=1S/C21H15F3N4O3S/c22-21(23,24)14-4-6-15(7-5-14)28-32(30,31)16-8-1-12(2-9-16)20-26-17-10-3-13(19(25)29)11-18(17)27-20/h1-11,28H,(H2,25,29)(H,26,27). The van der Waals surface area contributed by atoms with Crippen molar-refractivity contribution in [1.82, 2.24) is 9.97 Å². The molecular weight excluding hydrogens is 445 g/mol. The van der Waals surface area contributed by atoms with Crippen LogP contribution in [0.3, 0.4) is 0 Å². The van der Waals surface area contributed by atoms with Crippen LogP contribution in [0.4, 0.5) is 18.9 Å². The first-order valence-electron chi connectivity index (χ1n) is 9.13. The molecular formula is C21H15F3N4O3S. The second-order valence-corrected chi connectivity index (χ2v) is 8.57. The molecule has 0 bridgehead atoms. The van der Waals surface area contributed by atoms with Crippen LogP contribution >= 0.6 is 0 Å². The molecule has 0 aliphatic rings. The number of carbonyl (C=O) groups excluding carboxylic acids is 1. The van der Waals surface area contributed by atoms with Gasteiger partial charge < -0.3 is 10.7 Å². The molecule has 0 aliphatic heterocycles. The number of imidazole rings is 1. The van der Waals surface area contributed by atoms with E-state index >= 15 is 0 Å². The molecule has 164 valence electrons. The van der Waals surface area contributed by atoms with Gasteiger partial charge in [0.25, 0.3) is 10.0 Å². The van der Waals surface area contributed by atoms with Gasteiger partial charge in [-0.05, 0) is 66.7 Å². The minimum atomic E-state index is -4.51. The predicted molar refractivity (Wildman–Crippen MR) is 112 cm³/mol. The number of halogens is 3. The number of benzene rings is 3. The summed E-state index contributed by atoms with van der Waals surface area (Å²) in [6.45, 7) is 0.